The Balaban J connectivity index is 1.56. The van der Waals surface area contributed by atoms with Gasteiger partial charge in [-0.25, -0.2) is 17.4 Å². The summed E-state index contributed by atoms with van der Waals surface area (Å²) in [6.07, 6.45) is 6.54. The van der Waals surface area contributed by atoms with E-state index >= 15 is 0 Å². The van der Waals surface area contributed by atoms with Crippen LogP contribution < -0.4 is 5.32 Å². The Hall–Kier alpha value is -2.94. The zero-order valence-corrected chi connectivity index (χ0v) is 18.1. The maximum absolute atomic E-state index is 12.1. The maximum atomic E-state index is 12.1. The van der Waals surface area contributed by atoms with Crippen LogP contribution in [-0.4, -0.2) is 42.5 Å². The van der Waals surface area contributed by atoms with E-state index in [2.05, 4.69) is 10.4 Å². The molecule has 0 spiro atoms. The second-order valence-corrected chi connectivity index (χ2v) is 9.27. The molecule has 0 aliphatic rings. The number of sulfonamides is 1. The largest absolute Gasteiger partial charge is 0.348 e. The Morgan fingerprint density at radius 3 is 2.43 bits per heavy atom. The predicted molar refractivity (Wildman–Crippen MR) is 117 cm³/mol. The zero-order valence-electron chi connectivity index (χ0n) is 16.5. The fraction of sp³-hybridized carbons (Fsp3) is 0.143. The summed E-state index contributed by atoms with van der Waals surface area (Å²) in [6.45, 7) is 0.330. The minimum Gasteiger partial charge on any atom is -0.348 e. The number of nitrogens with zero attached hydrogens (tertiary/aromatic N) is 3. The van der Waals surface area contributed by atoms with E-state index in [0.717, 1.165) is 21.1 Å². The number of amides is 1. The average Bonchev–Trinajstić information content (AvgIpc) is 3.20. The number of hydrogen-bond acceptors (Lipinski definition) is 4. The summed E-state index contributed by atoms with van der Waals surface area (Å²) in [7, 11) is -0.511. The van der Waals surface area contributed by atoms with Crippen LogP contribution in [0.25, 0.3) is 11.8 Å². The van der Waals surface area contributed by atoms with E-state index in [1.165, 1.54) is 32.3 Å². The van der Waals surface area contributed by atoms with Crippen molar-refractivity contribution in [1.29, 1.82) is 0 Å². The van der Waals surface area contributed by atoms with Gasteiger partial charge in [-0.3, -0.25) is 4.79 Å². The van der Waals surface area contributed by atoms with Gasteiger partial charge in [0, 0.05) is 43.5 Å². The highest BCUT2D eigenvalue weighted by molar-refractivity contribution is 7.89. The third-order valence-corrected chi connectivity index (χ3v) is 6.36. The van der Waals surface area contributed by atoms with Crippen LogP contribution in [-0.2, 0) is 21.4 Å². The van der Waals surface area contributed by atoms with Crippen molar-refractivity contribution >= 4 is 33.6 Å². The Labute approximate surface area is 180 Å². The van der Waals surface area contributed by atoms with Gasteiger partial charge < -0.3 is 5.32 Å². The molecular formula is C21H21ClN4O3S. The first-order valence-corrected chi connectivity index (χ1v) is 10.9. The van der Waals surface area contributed by atoms with E-state index in [0.29, 0.717) is 11.6 Å². The van der Waals surface area contributed by atoms with E-state index in [1.54, 1.807) is 41.2 Å². The molecule has 0 aliphatic heterocycles. The second-order valence-electron chi connectivity index (χ2n) is 6.68. The number of benzene rings is 2. The predicted octanol–water partition coefficient (Wildman–Crippen LogP) is 3.11. The maximum Gasteiger partial charge on any atom is 0.244 e. The molecule has 1 heterocycles. The SMILES string of the molecule is CN(C)S(=O)(=O)c1ccc(/C=C/C(=O)NCc2cnn(-c3ccc(Cl)cc3)c2)cc1. The monoisotopic (exact) mass is 444 g/mol. The molecule has 0 atom stereocenters. The van der Waals surface area contributed by atoms with Gasteiger partial charge in [-0.2, -0.15) is 5.10 Å². The molecule has 0 bridgehead atoms. The van der Waals surface area contributed by atoms with Crippen molar-refractivity contribution in [2.24, 2.45) is 0 Å². The van der Waals surface area contributed by atoms with Crippen LogP contribution in [0.1, 0.15) is 11.1 Å². The third-order valence-electron chi connectivity index (χ3n) is 4.28. The van der Waals surface area contributed by atoms with Gasteiger partial charge in [-0.1, -0.05) is 23.7 Å². The molecule has 3 aromatic rings. The molecule has 7 nitrogen and oxygen atoms in total. The normalized spacial score (nSPS) is 11.9. The lowest BCUT2D eigenvalue weighted by Crippen LogP contribution is -2.22. The summed E-state index contributed by atoms with van der Waals surface area (Å²) in [4.78, 5) is 12.3. The number of carbonyl (C=O) groups is 1. The van der Waals surface area contributed by atoms with Crippen LogP contribution in [0.15, 0.2) is 71.9 Å². The first-order valence-electron chi connectivity index (χ1n) is 9.04. The highest BCUT2D eigenvalue weighted by atomic mass is 35.5. The molecular weight excluding hydrogens is 424 g/mol. The molecule has 1 aromatic heterocycles. The van der Waals surface area contributed by atoms with Crippen LogP contribution in [0.5, 0.6) is 0 Å². The van der Waals surface area contributed by atoms with Crippen molar-refractivity contribution in [1.82, 2.24) is 19.4 Å². The smallest absolute Gasteiger partial charge is 0.244 e. The molecule has 30 heavy (non-hydrogen) atoms. The van der Waals surface area contributed by atoms with Crippen molar-refractivity contribution < 1.29 is 13.2 Å². The topological polar surface area (TPSA) is 84.3 Å². The Bertz CT molecular complexity index is 1150. The summed E-state index contributed by atoms with van der Waals surface area (Å²) in [5.41, 5.74) is 2.44. The second kappa shape index (κ2) is 9.25. The minimum atomic E-state index is -3.47. The Kier molecular flexibility index (Phi) is 6.71. The lowest BCUT2D eigenvalue weighted by Gasteiger charge is -2.11. The van der Waals surface area contributed by atoms with E-state index in [9.17, 15) is 13.2 Å². The number of carbonyl (C=O) groups excluding carboxylic acids is 1. The van der Waals surface area contributed by atoms with Crippen LogP contribution in [0.3, 0.4) is 0 Å². The number of aromatic nitrogens is 2. The van der Waals surface area contributed by atoms with E-state index in [4.69, 9.17) is 11.6 Å². The van der Waals surface area contributed by atoms with Crippen molar-refractivity contribution in [3.63, 3.8) is 0 Å². The average molecular weight is 445 g/mol. The van der Waals surface area contributed by atoms with Gasteiger partial charge in [-0.05, 0) is 48.0 Å². The van der Waals surface area contributed by atoms with Crippen LogP contribution in [0.4, 0.5) is 0 Å². The Morgan fingerprint density at radius 2 is 1.80 bits per heavy atom. The van der Waals surface area contributed by atoms with Gasteiger partial charge >= 0.3 is 0 Å². The third kappa shape index (κ3) is 5.35. The van der Waals surface area contributed by atoms with Gasteiger partial charge in [0.2, 0.25) is 15.9 Å². The lowest BCUT2D eigenvalue weighted by molar-refractivity contribution is -0.116. The number of hydrogen-bond donors (Lipinski definition) is 1. The first kappa shape index (κ1) is 21.8. The minimum absolute atomic E-state index is 0.201. The number of rotatable bonds is 7. The van der Waals surface area contributed by atoms with Crippen LogP contribution in [0, 0.1) is 0 Å². The van der Waals surface area contributed by atoms with Gasteiger partial charge in [0.1, 0.15) is 0 Å². The molecule has 0 unspecified atom stereocenters. The van der Waals surface area contributed by atoms with Crippen molar-refractivity contribution in [3.05, 3.63) is 83.2 Å². The molecule has 0 aliphatic carbocycles. The molecule has 156 valence electrons. The fourth-order valence-corrected chi connectivity index (χ4v) is 3.60. The van der Waals surface area contributed by atoms with E-state index < -0.39 is 10.0 Å². The van der Waals surface area contributed by atoms with Crippen LogP contribution in [0.2, 0.25) is 5.02 Å². The summed E-state index contributed by atoms with van der Waals surface area (Å²) < 4.78 is 27.0. The van der Waals surface area contributed by atoms with E-state index in [-0.39, 0.29) is 10.8 Å². The quantitative estimate of drug-likeness (QED) is 0.567. The molecule has 9 heteroatoms. The van der Waals surface area contributed by atoms with Crippen molar-refractivity contribution in [2.45, 2.75) is 11.4 Å². The molecule has 0 saturated carbocycles. The molecule has 1 N–H and O–H groups in total. The molecule has 3 rings (SSSR count). The van der Waals surface area contributed by atoms with Crippen molar-refractivity contribution in [2.75, 3.05) is 14.1 Å². The molecule has 0 fully saturated rings. The molecule has 0 saturated heterocycles. The van der Waals surface area contributed by atoms with Gasteiger partial charge in [0.25, 0.3) is 0 Å². The number of nitrogens with one attached hydrogen (secondary N) is 1. The number of halogens is 1. The molecule has 1 amide bonds. The summed E-state index contributed by atoms with van der Waals surface area (Å²) in [5, 5.41) is 7.72. The van der Waals surface area contributed by atoms with Crippen molar-refractivity contribution in [3.8, 4) is 5.69 Å². The summed E-state index contributed by atoms with van der Waals surface area (Å²) >= 11 is 5.89. The highest BCUT2D eigenvalue weighted by Crippen LogP contribution is 2.15. The fourth-order valence-electron chi connectivity index (χ4n) is 2.57. The van der Waals surface area contributed by atoms with Gasteiger partial charge in [0.15, 0.2) is 0 Å². The first-order chi connectivity index (χ1) is 14.3. The standard InChI is InChI=1S/C21H21ClN4O3S/c1-25(2)30(28,29)20-10-3-16(4-11-20)5-12-21(27)23-13-17-14-24-26(15-17)19-8-6-18(22)7-9-19/h3-12,14-15H,13H2,1-2H3,(H,23,27)/b12-5+. The lowest BCUT2D eigenvalue weighted by atomic mass is 10.2. The van der Waals surface area contributed by atoms with Gasteiger partial charge in [-0.15, -0.1) is 0 Å². The highest BCUT2D eigenvalue weighted by Gasteiger charge is 2.16. The summed E-state index contributed by atoms with van der Waals surface area (Å²) in [6, 6.07) is 13.6. The van der Waals surface area contributed by atoms with Crippen LogP contribution >= 0.6 is 11.6 Å². The molecule has 0 radical (unpaired) electrons. The molecule has 2 aromatic carbocycles. The Morgan fingerprint density at radius 1 is 1.13 bits per heavy atom. The van der Waals surface area contributed by atoms with Gasteiger partial charge in [0.05, 0.1) is 16.8 Å². The zero-order chi connectivity index (χ0) is 21.7. The van der Waals surface area contributed by atoms with E-state index in [1.807, 2.05) is 18.3 Å². The summed E-state index contributed by atoms with van der Waals surface area (Å²) in [5.74, 6) is -0.265.